The monoisotopic (exact) mass is 279 g/mol. The minimum absolute atomic E-state index is 0.0398. The first-order valence-corrected chi connectivity index (χ1v) is 6.92. The average molecular weight is 279 g/mol. The predicted molar refractivity (Wildman–Crippen MR) is 74.1 cm³/mol. The highest BCUT2D eigenvalue weighted by Crippen LogP contribution is 2.36. The summed E-state index contributed by atoms with van der Waals surface area (Å²) in [6.07, 6.45) is 1.74. The lowest BCUT2D eigenvalue weighted by Crippen LogP contribution is -2.55. The van der Waals surface area contributed by atoms with E-state index >= 15 is 0 Å². The molecule has 0 aliphatic heterocycles. The normalized spacial score (nSPS) is 24.8. The van der Waals surface area contributed by atoms with Gasteiger partial charge in [0.15, 0.2) is 0 Å². The number of amides is 1. The number of aliphatic hydroxyl groups excluding tert-OH is 1. The summed E-state index contributed by atoms with van der Waals surface area (Å²) in [7, 11) is 0. The molecule has 5 nitrogen and oxygen atoms in total. The Hall–Kier alpha value is -1.59. The molecule has 20 heavy (non-hydrogen) atoms. The lowest BCUT2D eigenvalue weighted by molar-refractivity contribution is -0.0644. The Bertz CT molecular complexity index is 429. The molecule has 110 valence electrons. The van der Waals surface area contributed by atoms with Crippen LogP contribution in [0.4, 0.5) is 4.79 Å². The van der Waals surface area contributed by atoms with Crippen molar-refractivity contribution in [1.82, 2.24) is 5.32 Å². The summed E-state index contributed by atoms with van der Waals surface area (Å²) in [5, 5.41) is 21.5. The highest BCUT2D eigenvalue weighted by molar-refractivity contribution is 5.67. The second kappa shape index (κ2) is 6.72. The molecular formula is C15H21NO4. The van der Waals surface area contributed by atoms with Crippen molar-refractivity contribution in [1.29, 1.82) is 0 Å². The molecule has 3 N–H and O–H groups in total. The van der Waals surface area contributed by atoms with E-state index in [1.165, 1.54) is 0 Å². The number of hydrogen-bond acceptors (Lipinski definition) is 4. The van der Waals surface area contributed by atoms with E-state index < -0.39 is 11.7 Å². The van der Waals surface area contributed by atoms with Crippen molar-refractivity contribution in [3.63, 3.8) is 0 Å². The summed E-state index contributed by atoms with van der Waals surface area (Å²) in [5.74, 6) is 0. The number of aliphatic hydroxyl groups is 2. The Morgan fingerprint density at radius 1 is 1.35 bits per heavy atom. The molecule has 0 bridgehead atoms. The number of ether oxygens (including phenoxy) is 1. The van der Waals surface area contributed by atoms with Crippen molar-refractivity contribution in [3.05, 3.63) is 35.9 Å². The first kappa shape index (κ1) is 14.8. The fourth-order valence-corrected chi connectivity index (χ4v) is 2.50. The molecule has 2 rings (SSSR count). The Morgan fingerprint density at radius 2 is 2.05 bits per heavy atom. The smallest absolute Gasteiger partial charge is 0.407 e. The first-order chi connectivity index (χ1) is 9.61. The summed E-state index contributed by atoms with van der Waals surface area (Å²) < 4.78 is 5.11. The number of carbonyl (C=O) groups is 1. The molecule has 0 saturated heterocycles. The van der Waals surface area contributed by atoms with E-state index in [0.29, 0.717) is 25.7 Å². The van der Waals surface area contributed by atoms with Crippen LogP contribution < -0.4 is 5.32 Å². The number of benzene rings is 1. The molecule has 1 aliphatic rings. The van der Waals surface area contributed by atoms with Gasteiger partial charge in [-0.2, -0.15) is 0 Å². The third-order valence-corrected chi connectivity index (χ3v) is 3.59. The molecule has 0 aromatic heterocycles. The highest BCUT2D eigenvalue weighted by atomic mass is 16.5. The van der Waals surface area contributed by atoms with Crippen molar-refractivity contribution < 1.29 is 19.7 Å². The van der Waals surface area contributed by atoms with Gasteiger partial charge in [0.2, 0.25) is 0 Å². The molecule has 0 heterocycles. The van der Waals surface area contributed by atoms with Crippen LogP contribution in [0.2, 0.25) is 0 Å². The van der Waals surface area contributed by atoms with Crippen molar-refractivity contribution >= 4 is 6.09 Å². The van der Waals surface area contributed by atoms with E-state index in [2.05, 4.69) is 5.32 Å². The van der Waals surface area contributed by atoms with Gasteiger partial charge < -0.3 is 20.3 Å². The van der Waals surface area contributed by atoms with Crippen LogP contribution in [0.25, 0.3) is 0 Å². The lowest BCUT2D eigenvalue weighted by Gasteiger charge is -2.43. The van der Waals surface area contributed by atoms with Gasteiger partial charge in [-0.1, -0.05) is 30.3 Å². The zero-order valence-electron chi connectivity index (χ0n) is 11.4. The molecule has 0 unspecified atom stereocenters. The van der Waals surface area contributed by atoms with Gasteiger partial charge in [0, 0.05) is 12.6 Å². The van der Waals surface area contributed by atoms with Crippen LogP contribution in [0.1, 0.15) is 31.2 Å². The maximum atomic E-state index is 11.6. The largest absolute Gasteiger partial charge is 0.445 e. The second-order valence-electron chi connectivity index (χ2n) is 5.36. The molecule has 1 aromatic carbocycles. The number of rotatable bonds is 6. The van der Waals surface area contributed by atoms with Gasteiger partial charge in [0.05, 0.1) is 5.60 Å². The number of alkyl carbamates (subject to hydrolysis) is 1. The second-order valence-corrected chi connectivity index (χ2v) is 5.36. The standard InChI is InChI=1S/C15H21NO4/c17-8-4-7-15(19)9-13(10-15)16-14(18)20-11-12-5-2-1-3-6-12/h1-3,5-6,13,17,19H,4,7-11H2,(H,16,18). The van der Waals surface area contributed by atoms with Crippen LogP contribution >= 0.6 is 0 Å². The molecule has 5 heteroatoms. The van der Waals surface area contributed by atoms with E-state index in [0.717, 1.165) is 5.56 Å². The van der Waals surface area contributed by atoms with E-state index in [-0.39, 0.29) is 19.3 Å². The number of carbonyl (C=O) groups excluding carboxylic acids is 1. The zero-order chi connectivity index (χ0) is 14.4. The Balaban J connectivity index is 1.64. The van der Waals surface area contributed by atoms with E-state index in [1.807, 2.05) is 30.3 Å². The third-order valence-electron chi connectivity index (χ3n) is 3.59. The maximum Gasteiger partial charge on any atom is 0.407 e. The van der Waals surface area contributed by atoms with Crippen LogP contribution in [0.3, 0.4) is 0 Å². The summed E-state index contributed by atoms with van der Waals surface area (Å²) in [5.41, 5.74) is 0.204. The van der Waals surface area contributed by atoms with Gasteiger partial charge in [-0.15, -0.1) is 0 Å². The van der Waals surface area contributed by atoms with E-state index in [4.69, 9.17) is 9.84 Å². The highest BCUT2D eigenvalue weighted by Gasteiger charge is 2.42. The number of hydrogen-bond donors (Lipinski definition) is 3. The molecule has 1 saturated carbocycles. The minimum atomic E-state index is -0.736. The molecule has 1 fully saturated rings. The van der Waals surface area contributed by atoms with Crippen LogP contribution in [-0.4, -0.2) is 34.6 Å². The summed E-state index contributed by atoms with van der Waals surface area (Å²) in [6.45, 7) is 0.327. The van der Waals surface area contributed by atoms with Gasteiger partial charge in [-0.05, 0) is 31.2 Å². The predicted octanol–water partition coefficient (Wildman–Crippen LogP) is 1.58. The van der Waals surface area contributed by atoms with E-state index in [1.54, 1.807) is 0 Å². The summed E-state index contributed by atoms with van der Waals surface area (Å²) in [6, 6.07) is 9.44. The Morgan fingerprint density at radius 3 is 2.70 bits per heavy atom. The van der Waals surface area contributed by atoms with Gasteiger partial charge in [0.25, 0.3) is 0 Å². The molecule has 1 aromatic rings. The van der Waals surface area contributed by atoms with Gasteiger partial charge in [0.1, 0.15) is 6.61 Å². The fraction of sp³-hybridized carbons (Fsp3) is 0.533. The molecule has 0 radical (unpaired) electrons. The average Bonchev–Trinajstić information content (AvgIpc) is 2.42. The molecule has 1 aliphatic carbocycles. The third kappa shape index (κ3) is 4.21. The molecule has 0 spiro atoms. The first-order valence-electron chi connectivity index (χ1n) is 6.92. The van der Waals surface area contributed by atoms with Gasteiger partial charge in [-0.25, -0.2) is 4.79 Å². The topological polar surface area (TPSA) is 78.8 Å². The zero-order valence-corrected chi connectivity index (χ0v) is 11.4. The van der Waals surface area contributed by atoms with Gasteiger partial charge >= 0.3 is 6.09 Å². The fourth-order valence-electron chi connectivity index (χ4n) is 2.50. The summed E-state index contributed by atoms with van der Waals surface area (Å²) >= 11 is 0. The van der Waals surface area contributed by atoms with E-state index in [9.17, 15) is 9.90 Å². The van der Waals surface area contributed by atoms with Crippen LogP contribution in [0.15, 0.2) is 30.3 Å². The SMILES string of the molecule is O=C(NC1CC(O)(CCCO)C1)OCc1ccccc1. The maximum absolute atomic E-state index is 11.6. The van der Waals surface area contributed by atoms with Crippen LogP contribution in [0.5, 0.6) is 0 Å². The molecule has 0 atom stereocenters. The molecular weight excluding hydrogens is 258 g/mol. The number of nitrogens with one attached hydrogen (secondary N) is 1. The van der Waals surface area contributed by atoms with Crippen molar-refractivity contribution in [2.75, 3.05) is 6.61 Å². The van der Waals surface area contributed by atoms with Gasteiger partial charge in [-0.3, -0.25) is 0 Å². The Kier molecular flexibility index (Phi) is 4.98. The van der Waals surface area contributed by atoms with Crippen molar-refractivity contribution in [3.8, 4) is 0 Å². The Labute approximate surface area is 118 Å². The van der Waals surface area contributed by atoms with Crippen molar-refractivity contribution in [2.45, 2.75) is 43.9 Å². The summed E-state index contributed by atoms with van der Waals surface area (Å²) in [4.78, 5) is 11.6. The quantitative estimate of drug-likeness (QED) is 0.738. The molecule has 1 amide bonds. The van der Waals surface area contributed by atoms with Crippen LogP contribution in [0, 0.1) is 0 Å². The van der Waals surface area contributed by atoms with Crippen molar-refractivity contribution in [2.24, 2.45) is 0 Å². The minimum Gasteiger partial charge on any atom is -0.445 e. The van der Waals surface area contributed by atoms with Crippen LogP contribution in [-0.2, 0) is 11.3 Å². The lowest BCUT2D eigenvalue weighted by atomic mass is 9.73.